The number of allylic oxidation sites excluding steroid dienone is 18. The van der Waals surface area contributed by atoms with Gasteiger partial charge in [-0.25, -0.2) is 0 Å². The summed E-state index contributed by atoms with van der Waals surface area (Å²) in [6, 6.07) is 0. The summed E-state index contributed by atoms with van der Waals surface area (Å²) in [6.07, 6.45) is 23.1. The fourth-order valence-electron chi connectivity index (χ4n) is 4.88. The monoisotopic (exact) mass is 970 g/mol. The van der Waals surface area contributed by atoms with Crippen LogP contribution >= 0.6 is 0 Å². The molecule has 0 saturated carbocycles. The second-order valence-corrected chi connectivity index (χ2v) is 28.7. The van der Waals surface area contributed by atoms with Crippen molar-refractivity contribution in [2.24, 2.45) is 38.4 Å². The maximum absolute atomic E-state index is 2.57. The molecule has 0 aliphatic carbocycles. The van der Waals surface area contributed by atoms with E-state index in [1.54, 1.807) is 21.7 Å². The van der Waals surface area contributed by atoms with Gasteiger partial charge in [-0.15, -0.1) is 0 Å². The molecule has 0 nitrogen and oxygen atoms in total. The first kappa shape index (κ1) is 40.5. The van der Waals surface area contributed by atoms with E-state index in [0.29, 0.717) is 0 Å². The molecular weight excluding hydrogens is 899 g/mol. The van der Waals surface area contributed by atoms with E-state index in [-0.39, 0.29) is 101 Å². The van der Waals surface area contributed by atoms with E-state index in [2.05, 4.69) is 179 Å². The standard InChI is InChI=1S/C43H64Te3/c1-38(2,3)32-22-29(23-33(44-32)39(4,5)6)19-28(20-30-24-34(40(7,8)9)45-35(25-30)41(10,11)12)21-31-26-36(42(13,14)15)46-37(27-31)43(16,17)18/h19-28H,1-18H3. The molecule has 0 unspecified atom stereocenters. The summed E-state index contributed by atoms with van der Waals surface area (Å²) in [4.78, 5) is 0. The molecule has 46 heavy (non-hydrogen) atoms. The Kier molecular flexibility index (Phi) is 12.6. The van der Waals surface area contributed by atoms with Crippen LogP contribution < -0.4 is 0 Å². The van der Waals surface area contributed by atoms with Crippen LogP contribution in [0.15, 0.2) is 93.1 Å². The van der Waals surface area contributed by atoms with Crippen molar-refractivity contribution in [2.75, 3.05) is 0 Å². The molecule has 3 heterocycles. The van der Waals surface area contributed by atoms with E-state index in [1.165, 1.54) is 16.7 Å². The molecule has 254 valence electrons. The van der Waals surface area contributed by atoms with E-state index in [0.717, 1.165) is 0 Å². The van der Waals surface area contributed by atoms with Crippen LogP contribution in [0.3, 0.4) is 0 Å². The fraction of sp³-hybridized carbons (Fsp3) is 0.581. The van der Waals surface area contributed by atoms with Gasteiger partial charge in [-0.3, -0.25) is 0 Å². The molecular formula is C43H64Te3. The Morgan fingerprint density at radius 1 is 0.326 bits per heavy atom. The third kappa shape index (κ3) is 11.5. The van der Waals surface area contributed by atoms with Crippen LogP contribution in [-0.4, -0.2) is 62.8 Å². The first-order valence-electron chi connectivity index (χ1n) is 17.1. The Bertz CT molecular complexity index is 1190. The van der Waals surface area contributed by atoms with Crippen LogP contribution in [0.4, 0.5) is 0 Å². The number of hydrogen-bond donors (Lipinski definition) is 0. The zero-order valence-electron chi connectivity index (χ0n) is 32.5. The quantitative estimate of drug-likeness (QED) is 0.247. The summed E-state index contributed by atoms with van der Waals surface area (Å²) in [5.74, 6) is 0.191. The Morgan fingerprint density at radius 2 is 0.478 bits per heavy atom. The van der Waals surface area contributed by atoms with Crippen LogP contribution in [-0.2, 0) is 0 Å². The third-order valence-electron chi connectivity index (χ3n) is 8.04. The fourth-order valence-corrected chi connectivity index (χ4v) is 15.5. The third-order valence-corrected chi connectivity index (χ3v) is 24.3. The summed E-state index contributed by atoms with van der Waals surface area (Å²) in [5, 5.41) is 0. The normalized spacial score (nSPS) is 19.2. The average Bonchev–Trinajstić information content (AvgIpc) is 2.85. The van der Waals surface area contributed by atoms with E-state index < -0.39 is 0 Å². The van der Waals surface area contributed by atoms with Crippen LogP contribution in [0.2, 0.25) is 0 Å². The van der Waals surface area contributed by atoms with Gasteiger partial charge in [0.1, 0.15) is 0 Å². The minimum atomic E-state index is -0.361. The zero-order chi connectivity index (χ0) is 35.3. The Hall–Kier alpha value is 0.0288. The first-order valence-corrected chi connectivity index (χ1v) is 24.0. The van der Waals surface area contributed by atoms with Gasteiger partial charge in [0.25, 0.3) is 0 Å². The van der Waals surface area contributed by atoms with E-state index >= 15 is 0 Å². The summed E-state index contributed by atoms with van der Waals surface area (Å²) in [5.41, 5.74) is 5.35. The molecule has 0 saturated heterocycles. The first-order chi connectivity index (χ1) is 20.5. The second-order valence-electron chi connectivity index (χ2n) is 19.4. The number of rotatable bonds is 3. The molecule has 0 N–H and O–H groups in total. The van der Waals surface area contributed by atoms with Gasteiger partial charge < -0.3 is 0 Å². The van der Waals surface area contributed by atoms with Crippen molar-refractivity contribution < 1.29 is 0 Å². The van der Waals surface area contributed by atoms with E-state index in [9.17, 15) is 0 Å². The number of hydrogen-bond acceptors (Lipinski definition) is 0. The molecule has 0 aromatic rings. The van der Waals surface area contributed by atoms with Gasteiger partial charge in [0.05, 0.1) is 0 Å². The summed E-state index contributed by atoms with van der Waals surface area (Å²) < 4.78 is 9.98. The van der Waals surface area contributed by atoms with E-state index in [4.69, 9.17) is 0 Å². The van der Waals surface area contributed by atoms with Gasteiger partial charge in [0.2, 0.25) is 0 Å². The predicted octanol–water partition coefficient (Wildman–Crippen LogP) is 12.1. The van der Waals surface area contributed by atoms with E-state index in [1.807, 2.05) is 0 Å². The van der Waals surface area contributed by atoms with Crippen molar-refractivity contribution >= 4 is 62.8 Å². The molecule has 0 bridgehead atoms. The average molecular weight is 964 g/mol. The predicted molar refractivity (Wildman–Crippen MR) is 210 cm³/mol. The van der Waals surface area contributed by atoms with Crippen molar-refractivity contribution in [1.82, 2.24) is 0 Å². The molecule has 0 atom stereocenters. The van der Waals surface area contributed by atoms with Crippen LogP contribution in [0.25, 0.3) is 0 Å². The van der Waals surface area contributed by atoms with Gasteiger partial charge in [0, 0.05) is 0 Å². The minimum absolute atomic E-state index is 0.191. The maximum atomic E-state index is 2.57. The topological polar surface area (TPSA) is 0 Å². The molecule has 0 radical (unpaired) electrons. The summed E-state index contributed by atoms with van der Waals surface area (Å²) in [6.45, 7) is 43.3. The summed E-state index contributed by atoms with van der Waals surface area (Å²) in [7, 11) is 0. The van der Waals surface area contributed by atoms with Gasteiger partial charge in [-0.1, -0.05) is 0 Å². The van der Waals surface area contributed by atoms with Crippen LogP contribution in [0.5, 0.6) is 0 Å². The molecule has 0 aromatic heterocycles. The second kappa shape index (κ2) is 14.3. The molecule has 0 spiro atoms. The van der Waals surface area contributed by atoms with Crippen molar-refractivity contribution in [3.63, 3.8) is 0 Å². The SMILES string of the molecule is CC(C)(C)C1=CC(=CC(C=C2C=C(C(C)(C)C)[Te]C(C(C)(C)C)=C2)C=C2C=C(C(C)(C)C)[Te]C(C(C)(C)C)=C2)C=C(C(C)(C)C)[Te]1. The Morgan fingerprint density at radius 3 is 0.609 bits per heavy atom. The van der Waals surface area contributed by atoms with Crippen molar-refractivity contribution in [3.8, 4) is 0 Å². The molecule has 3 heteroatoms. The van der Waals surface area contributed by atoms with Crippen molar-refractivity contribution in [2.45, 2.75) is 125 Å². The van der Waals surface area contributed by atoms with Crippen LogP contribution in [0.1, 0.15) is 125 Å². The molecule has 3 rings (SSSR count). The molecule has 3 aliphatic rings. The molecule has 0 aromatic carbocycles. The molecule has 0 amide bonds. The van der Waals surface area contributed by atoms with Crippen molar-refractivity contribution in [3.05, 3.63) is 93.1 Å². The van der Waals surface area contributed by atoms with Gasteiger partial charge in [-0.05, 0) is 0 Å². The summed E-state index contributed by atoms with van der Waals surface area (Å²) >= 11 is -1.08. The van der Waals surface area contributed by atoms with Gasteiger partial charge >= 0.3 is 319 Å². The molecule has 3 aliphatic heterocycles. The van der Waals surface area contributed by atoms with Crippen LogP contribution in [0, 0.1) is 38.4 Å². The van der Waals surface area contributed by atoms with Gasteiger partial charge in [0.15, 0.2) is 0 Å². The van der Waals surface area contributed by atoms with Gasteiger partial charge in [-0.2, -0.15) is 0 Å². The van der Waals surface area contributed by atoms with Crippen molar-refractivity contribution in [1.29, 1.82) is 0 Å². The Labute approximate surface area is 315 Å². The molecule has 0 fully saturated rings. The Balaban J connectivity index is 2.36. The zero-order valence-corrected chi connectivity index (χ0v) is 39.5.